The van der Waals surface area contributed by atoms with Gasteiger partial charge < -0.3 is 14.4 Å². The molecule has 1 saturated heterocycles. The van der Waals surface area contributed by atoms with Gasteiger partial charge in [-0.15, -0.1) is 0 Å². The van der Waals surface area contributed by atoms with Gasteiger partial charge in [0.05, 0.1) is 25.8 Å². The average molecular weight is 348 g/mol. The molecule has 1 aromatic carbocycles. The van der Waals surface area contributed by atoms with E-state index in [0.29, 0.717) is 6.61 Å². The van der Waals surface area contributed by atoms with E-state index in [2.05, 4.69) is 4.90 Å². The standard InChI is InChI=1S/C19H28N2O4/c1-13(17(22)20(5)14(2)18(23)24-6)21-16(12-25-19(21,3)4)15-10-8-7-9-11-15/h7-11,13-14,16H,12H2,1-6H3/t13-,14-,16+/m0/s1. The maximum Gasteiger partial charge on any atom is 0.328 e. The highest BCUT2D eigenvalue weighted by Gasteiger charge is 2.46. The Hall–Kier alpha value is -1.92. The lowest BCUT2D eigenvalue weighted by atomic mass is 10.0. The highest BCUT2D eigenvalue weighted by molar-refractivity contribution is 5.87. The third kappa shape index (κ3) is 3.85. The first-order valence-electron chi connectivity index (χ1n) is 8.52. The van der Waals surface area contributed by atoms with Crippen molar-refractivity contribution in [2.24, 2.45) is 0 Å². The molecule has 1 amide bonds. The second-order valence-electron chi connectivity index (χ2n) is 6.92. The minimum Gasteiger partial charge on any atom is -0.467 e. The van der Waals surface area contributed by atoms with Gasteiger partial charge in [-0.05, 0) is 33.3 Å². The summed E-state index contributed by atoms with van der Waals surface area (Å²) in [7, 11) is 2.95. The molecule has 0 saturated carbocycles. The normalized spacial score (nSPS) is 22.2. The molecule has 2 rings (SSSR count). The zero-order valence-corrected chi connectivity index (χ0v) is 15.9. The largest absolute Gasteiger partial charge is 0.467 e. The van der Waals surface area contributed by atoms with Crippen molar-refractivity contribution in [1.82, 2.24) is 9.80 Å². The summed E-state index contributed by atoms with van der Waals surface area (Å²) in [5.74, 6) is -0.572. The van der Waals surface area contributed by atoms with E-state index in [1.807, 2.05) is 51.1 Å². The molecule has 1 heterocycles. The molecule has 1 aliphatic rings. The number of carbonyl (C=O) groups is 2. The van der Waals surface area contributed by atoms with E-state index >= 15 is 0 Å². The van der Waals surface area contributed by atoms with Crippen LogP contribution in [0.25, 0.3) is 0 Å². The predicted octanol–water partition coefficient (Wildman–Crippen LogP) is 2.20. The minimum atomic E-state index is -0.637. The van der Waals surface area contributed by atoms with Crippen LogP contribution in [-0.4, -0.2) is 60.2 Å². The van der Waals surface area contributed by atoms with Crippen molar-refractivity contribution in [2.45, 2.75) is 51.5 Å². The number of ether oxygens (including phenoxy) is 2. The lowest BCUT2D eigenvalue weighted by Crippen LogP contribution is -2.55. The van der Waals surface area contributed by atoms with Gasteiger partial charge in [0.2, 0.25) is 5.91 Å². The monoisotopic (exact) mass is 348 g/mol. The molecule has 0 N–H and O–H groups in total. The van der Waals surface area contributed by atoms with Crippen LogP contribution < -0.4 is 0 Å². The van der Waals surface area contributed by atoms with Crippen LogP contribution in [0.15, 0.2) is 30.3 Å². The summed E-state index contributed by atoms with van der Waals surface area (Å²) in [4.78, 5) is 28.2. The van der Waals surface area contributed by atoms with Crippen LogP contribution in [0, 0.1) is 0 Å². The fourth-order valence-corrected chi connectivity index (χ4v) is 3.41. The van der Waals surface area contributed by atoms with Crippen molar-refractivity contribution in [1.29, 1.82) is 0 Å². The van der Waals surface area contributed by atoms with Gasteiger partial charge in [-0.2, -0.15) is 0 Å². The van der Waals surface area contributed by atoms with Crippen molar-refractivity contribution < 1.29 is 19.1 Å². The Labute approximate surface area is 149 Å². The first-order chi connectivity index (χ1) is 11.7. The number of esters is 1. The van der Waals surface area contributed by atoms with Gasteiger partial charge in [-0.3, -0.25) is 9.69 Å². The Morgan fingerprint density at radius 3 is 2.44 bits per heavy atom. The number of hydrogen-bond donors (Lipinski definition) is 0. The summed E-state index contributed by atoms with van der Waals surface area (Å²) in [6.07, 6.45) is 0. The van der Waals surface area contributed by atoms with E-state index in [4.69, 9.17) is 9.47 Å². The number of nitrogens with zero attached hydrogens (tertiary/aromatic N) is 2. The maximum atomic E-state index is 13.0. The first-order valence-corrected chi connectivity index (χ1v) is 8.52. The summed E-state index contributed by atoms with van der Waals surface area (Å²) < 4.78 is 10.7. The molecule has 0 aliphatic carbocycles. The molecule has 1 aliphatic heterocycles. The third-order valence-electron chi connectivity index (χ3n) is 4.98. The molecule has 0 unspecified atom stereocenters. The quantitative estimate of drug-likeness (QED) is 0.764. The smallest absolute Gasteiger partial charge is 0.328 e. The number of methoxy groups -OCH3 is 1. The van der Waals surface area contributed by atoms with Gasteiger partial charge in [0.25, 0.3) is 0 Å². The lowest BCUT2D eigenvalue weighted by Gasteiger charge is -2.39. The van der Waals surface area contributed by atoms with E-state index in [1.54, 1.807) is 14.0 Å². The number of hydrogen-bond acceptors (Lipinski definition) is 5. The summed E-state index contributed by atoms with van der Waals surface area (Å²) >= 11 is 0. The molecule has 25 heavy (non-hydrogen) atoms. The van der Waals surface area contributed by atoms with E-state index < -0.39 is 23.8 Å². The van der Waals surface area contributed by atoms with Crippen molar-refractivity contribution >= 4 is 11.9 Å². The maximum absolute atomic E-state index is 13.0. The zero-order valence-electron chi connectivity index (χ0n) is 15.9. The summed E-state index contributed by atoms with van der Waals surface area (Å²) in [5.41, 5.74) is 0.529. The van der Waals surface area contributed by atoms with Gasteiger partial charge in [0.1, 0.15) is 11.8 Å². The molecule has 0 spiro atoms. The molecule has 0 aromatic heterocycles. The van der Waals surface area contributed by atoms with Crippen LogP contribution >= 0.6 is 0 Å². The average Bonchev–Trinajstić information content (AvgIpc) is 2.94. The summed E-state index contributed by atoms with van der Waals surface area (Å²) in [5, 5.41) is 0. The van der Waals surface area contributed by atoms with Crippen molar-refractivity contribution in [3.05, 3.63) is 35.9 Å². The molecular weight excluding hydrogens is 320 g/mol. The topological polar surface area (TPSA) is 59.1 Å². The number of benzene rings is 1. The Morgan fingerprint density at radius 2 is 1.88 bits per heavy atom. The van der Waals surface area contributed by atoms with Gasteiger partial charge in [0, 0.05) is 7.05 Å². The Kier molecular flexibility index (Phi) is 5.85. The van der Waals surface area contributed by atoms with Crippen LogP contribution in [0.3, 0.4) is 0 Å². The van der Waals surface area contributed by atoms with E-state index in [1.165, 1.54) is 12.0 Å². The van der Waals surface area contributed by atoms with E-state index in [-0.39, 0.29) is 11.9 Å². The third-order valence-corrected chi connectivity index (χ3v) is 4.98. The number of amides is 1. The molecule has 0 bridgehead atoms. The van der Waals surface area contributed by atoms with Gasteiger partial charge >= 0.3 is 5.97 Å². The molecule has 138 valence electrons. The van der Waals surface area contributed by atoms with Crippen LogP contribution in [0.5, 0.6) is 0 Å². The van der Waals surface area contributed by atoms with E-state index in [0.717, 1.165) is 5.56 Å². The molecule has 3 atom stereocenters. The molecular formula is C19H28N2O4. The molecule has 1 fully saturated rings. The summed E-state index contributed by atoms with van der Waals surface area (Å²) in [6.45, 7) is 7.96. The molecule has 6 nitrogen and oxygen atoms in total. The zero-order chi connectivity index (χ0) is 18.8. The van der Waals surface area contributed by atoms with Gasteiger partial charge in [-0.25, -0.2) is 4.79 Å². The molecule has 1 aromatic rings. The van der Waals surface area contributed by atoms with Crippen molar-refractivity contribution in [3.63, 3.8) is 0 Å². The summed E-state index contributed by atoms with van der Waals surface area (Å²) in [6, 6.07) is 8.92. The Morgan fingerprint density at radius 1 is 1.28 bits per heavy atom. The lowest BCUT2D eigenvalue weighted by molar-refractivity contribution is -0.155. The fraction of sp³-hybridized carbons (Fsp3) is 0.579. The van der Waals surface area contributed by atoms with Crippen molar-refractivity contribution in [3.8, 4) is 0 Å². The second kappa shape index (κ2) is 7.54. The predicted molar refractivity (Wildman–Crippen MR) is 94.8 cm³/mol. The Bertz CT molecular complexity index is 617. The SMILES string of the molecule is COC(=O)[C@H](C)N(C)C(=O)[C@H](C)N1[C@@H](c2ccccc2)COC1(C)C. The first kappa shape index (κ1) is 19.4. The van der Waals surface area contributed by atoms with Crippen LogP contribution in [0.2, 0.25) is 0 Å². The second-order valence-corrected chi connectivity index (χ2v) is 6.92. The number of likely N-dealkylation sites (N-methyl/N-ethyl adjacent to an activating group) is 1. The van der Waals surface area contributed by atoms with Crippen molar-refractivity contribution in [2.75, 3.05) is 20.8 Å². The molecule has 6 heteroatoms. The van der Waals surface area contributed by atoms with Crippen LogP contribution in [-0.2, 0) is 19.1 Å². The minimum absolute atomic E-state index is 0.0167. The number of carbonyl (C=O) groups excluding carboxylic acids is 2. The van der Waals surface area contributed by atoms with Gasteiger partial charge in [-0.1, -0.05) is 30.3 Å². The van der Waals surface area contributed by atoms with Gasteiger partial charge in [0.15, 0.2) is 0 Å². The molecule has 0 radical (unpaired) electrons. The number of rotatable bonds is 5. The van der Waals surface area contributed by atoms with Crippen LogP contribution in [0.4, 0.5) is 0 Å². The van der Waals surface area contributed by atoms with Crippen LogP contribution in [0.1, 0.15) is 39.3 Å². The fourth-order valence-electron chi connectivity index (χ4n) is 3.41. The highest BCUT2D eigenvalue weighted by Crippen LogP contribution is 2.38. The van der Waals surface area contributed by atoms with E-state index in [9.17, 15) is 9.59 Å². The highest BCUT2D eigenvalue weighted by atomic mass is 16.5. The Balaban J connectivity index is 2.26.